The van der Waals surface area contributed by atoms with E-state index in [0.29, 0.717) is 0 Å². The van der Waals surface area contributed by atoms with Crippen molar-refractivity contribution in [2.24, 2.45) is 0 Å². The first kappa shape index (κ1) is 15.3. The van der Waals surface area contributed by atoms with Crippen LogP contribution in [-0.2, 0) is 4.79 Å². The number of nitrogens with zero attached hydrogens (tertiary/aromatic N) is 1. The molecule has 120 valence electrons. The average Bonchev–Trinajstić information content (AvgIpc) is 3.09. The number of amides is 1. The number of benzene rings is 1. The molecule has 0 radical (unpaired) electrons. The molecule has 2 fully saturated rings. The van der Waals surface area contributed by atoms with Gasteiger partial charge in [-0.25, -0.2) is 0 Å². The summed E-state index contributed by atoms with van der Waals surface area (Å²) in [6.07, 6.45) is 5.04. The molecule has 2 aliphatic heterocycles. The molecule has 0 aromatic heterocycles. The van der Waals surface area contributed by atoms with Gasteiger partial charge >= 0.3 is 0 Å². The second-order valence-electron chi connectivity index (χ2n) is 6.62. The van der Waals surface area contributed by atoms with Gasteiger partial charge in [0.2, 0.25) is 0 Å². The van der Waals surface area contributed by atoms with E-state index in [1.807, 2.05) is 36.1 Å². The third kappa shape index (κ3) is 3.80. The molecule has 0 unspecified atom stereocenters. The van der Waals surface area contributed by atoms with Crippen molar-refractivity contribution in [2.75, 3.05) is 32.8 Å². The first-order valence-electron chi connectivity index (χ1n) is 8.54. The van der Waals surface area contributed by atoms with E-state index in [-0.39, 0.29) is 12.5 Å². The highest BCUT2D eigenvalue weighted by atomic mass is 16.5. The predicted octanol–water partition coefficient (Wildman–Crippen LogP) is 1.04. The first-order valence-corrected chi connectivity index (χ1v) is 8.54. The van der Waals surface area contributed by atoms with Crippen molar-refractivity contribution in [1.82, 2.24) is 4.90 Å². The molecule has 1 aromatic rings. The van der Waals surface area contributed by atoms with Crippen LogP contribution in [0.2, 0.25) is 0 Å². The fraction of sp³-hybridized carbons (Fsp3) is 0.611. The molecular formula is C18H27N2O2+. The van der Waals surface area contributed by atoms with Crippen molar-refractivity contribution in [3.05, 3.63) is 29.8 Å². The summed E-state index contributed by atoms with van der Waals surface area (Å²) in [5.41, 5.74) is 1.20. The van der Waals surface area contributed by atoms with E-state index in [1.165, 1.54) is 31.5 Å². The number of carbonyl (C=O) groups excluding carboxylic acids is 1. The summed E-state index contributed by atoms with van der Waals surface area (Å²) in [5, 5.41) is 0. The van der Waals surface area contributed by atoms with Crippen molar-refractivity contribution >= 4 is 5.91 Å². The zero-order valence-corrected chi connectivity index (χ0v) is 13.5. The van der Waals surface area contributed by atoms with Gasteiger partial charge in [-0.05, 0) is 19.1 Å². The molecule has 4 nitrogen and oxygen atoms in total. The van der Waals surface area contributed by atoms with Crippen LogP contribution < -0.4 is 9.64 Å². The maximum Gasteiger partial charge on any atom is 0.260 e. The van der Waals surface area contributed by atoms with Gasteiger partial charge in [0.15, 0.2) is 6.61 Å². The number of hydrogen-bond donors (Lipinski definition) is 1. The minimum atomic E-state index is 0.121. The van der Waals surface area contributed by atoms with E-state index in [1.54, 1.807) is 4.90 Å². The predicted molar refractivity (Wildman–Crippen MR) is 86.2 cm³/mol. The lowest BCUT2D eigenvalue weighted by Crippen LogP contribution is -3.14. The molecule has 1 amide bonds. The van der Waals surface area contributed by atoms with Crippen LogP contribution in [-0.4, -0.2) is 49.6 Å². The number of piperidine rings is 1. The number of ether oxygens (including phenoxy) is 1. The SMILES string of the molecule is Cc1ccc(OCC(=O)N2CCC([NH+]3CCCC3)CC2)cc1. The Morgan fingerprint density at radius 1 is 1.18 bits per heavy atom. The third-order valence-corrected chi connectivity index (χ3v) is 5.05. The molecule has 0 bridgehead atoms. The molecule has 0 aliphatic carbocycles. The van der Waals surface area contributed by atoms with E-state index in [4.69, 9.17) is 4.74 Å². The van der Waals surface area contributed by atoms with E-state index < -0.39 is 0 Å². The summed E-state index contributed by atoms with van der Waals surface area (Å²) in [6, 6.07) is 8.62. The topological polar surface area (TPSA) is 34.0 Å². The van der Waals surface area contributed by atoms with Crippen LogP contribution in [0.15, 0.2) is 24.3 Å². The zero-order valence-electron chi connectivity index (χ0n) is 13.5. The van der Waals surface area contributed by atoms with Gasteiger partial charge in [-0.15, -0.1) is 0 Å². The van der Waals surface area contributed by atoms with Crippen LogP contribution in [0.25, 0.3) is 0 Å². The number of aryl methyl sites for hydroxylation is 1. The Morgan fingerprint density at radius 3 is 2.45 bits per heavy atom. The van der Waals surface area contributed by atoms with Crippen LogP contribution in [0.3, 0.4) is 0 Å². The largest absolute Gasteiger partial charge is 0.484 e. The van der Waals surface area contributed by atoms with Gasteiger partial charge in [-0.2, -0.15) is 0 Å². The number of rotatable bonds is 4. The Bertz CT molecular complexity index is 486. The number of likely N-dealkylation sites (tertiary alicyclic amines) is 2. The van der Waals surface area contributed by atoms with Crippen molar-refractivity contribution in [3.8, 4) is 5.75 Å². The van der Waals surface area contributed by atoms with Gasteiger partial charge in [-0.1, -0.05) is 17.7 Å². The number of carbonyl (C=O) groups is 1. The molecule has 4 heteroatoms. The van der Waals surface area contributed by atoms with Crippen LogP contribution >= 0.6 is 0 Å². The summed E-state index contributed by atoms with van der Waals surface area (Å²) >= 11 is 0. The second-order valence-corrected chi connectivity index (χ2v) is 6.62. The lowest BCUT2D eigenvalue weighted by molar-refractivity contribution is -0.914. The zero-order chi connectivity index (χ0) is 15.4. The van der Waals surface area contributed by atoms with Gasteiger partial charge in [0.25, 0.3) is 5.91 Å². The minimum Gasteiger partial charge on any atom is -0.484 e. The number of nitrogens with one attached hydrogen (secondary N) is 1. The molecule has 0 atom stereocenters. The van der Waals surface area contributed by atoms with Crippen molar-refractivity contribution < 1.29 is 14.4 Å². The quantitative estimate of drug-likeness (QED) is 0.902. The molecule has 1 N–H and O–H groups in total. The maximum absolute atomic E-state index is 12.3. The smallest absolute Gasteiger partial charge is 0.260 e. The normalized spacial score (nSPS) is 20.3. The highest BCUT2D eigenvalue weighted by Gasteiger charge is 2.31. The summed E-state index contributed by atoms with van der Waals surface area (Å²) in [4.78, 5) is 16.0. The van der Waals surface area contributed by atoms with E-state index in [0.717, 1.165) is 37.7 Å². The van der Waals surface area contributed by atoms with E-state index in [2.05, 4.69) is 0 Å². The maximum atomic E-state index is 12.3. The lowest BCUT2D eigenvalue weighted by Gasteiger charge is -2.34. The molecule has 0 saturated carbocycles. The van der Waals surface area contributed by atoms with Gasteiger partial charge in [0.1, 0.15) is 5.75 Å². The number of quaternary nitrogens is 1. The number of hydrogen-bond acceptors (Lipinski definition) is 2. The van der Waals surface area contributed by atoms with E-state index >= 15 is 0 Å². The summed E-state index contributed by atoms with van der Waals surface area (Å²) in [6.45, 7) is 6.64. The van der Waals surface area contributed by atoms with Crippen molar-refractivity contribution in [3.63, 3.8) is 0 Å². The van der Waals surface area contributed by atoms with Gasteiger partial charge in [0.05, 0.1) is 19.1 Å². The lowest BCUT2D eigenvalue weighted by atomic mass is 10.0. The standard InChI is InChI=1S/C18H26N2O2/c1-15-4-6-17(7-5-15)22-14-18(21)20-12-8-16(9-13-20)19-10-2-3-11-19/h4-7,16H,2-3,8-14H2,1H3/p+1. The van der Waals surface area contributed by atoms with Crippen LogP contribution in [0.5, 0.6) is 5.75 Å². The molecular weight excluding hydrogens is 276 g/mol. The van der Waals surface area contributed by atoms with Gasteiger partial charge in [0, 0.05) is 38.8 Å². The van der Waals surface area contributed by atoms with Crippen LogP contribution in [0, 0.1) is 6.92 Å². The average molecular weight is 303 g/mol. The van der Waals surface area contributed by atoms with Crippen LogP contribution in [0.4, 0.5) is 0 Å². The molecule has 2 heterocycles. The highest BCUT2D eigenvalue weighted by molar-refractivity contribution is 5.77. The molecule has 22 heavy (non-hydrogen) atoms. The first-order chi connectivity index (χ1) is 10.7. The fourth-order valence-corrected chi connectivity index (χ4v) is 3.65. The summed E-state index contributed by atoms with van der Waals surface area (Å²) < 4.78 is 5.61. The third-order valence-electron chi connectivity index (χ3n) is 5.05. The summed E-state index contributed by atoms with van der Waals surface area (Å²) in [7, 11) is 0. The molecule has 1 aromatic carbocycles. The molecule has 3 rings (SSSR count). The van der Waals surface area contributed by atoms with Crippen molar-refractivity contribution in [2.45, 2.75) is 38.6 Å². The Morgan fingerprint density at radius 2 is 1.82 bits per heavy atom. The van der Waals surface area contributed by atoms with Gasteiger partial charge < -0.3 is 14.5 Å². The fourth-order valence-electron chi connectivity index (χ4n) is 3.65. The monoisotopic (exact) mass is 303 g/mol. The van der Waals surface area contributed by atoms with Crippen molar-refractivity contribution in [1.29, 1.82) is 0 Å². The Kier molecular flexibility index (Phi) is 4.98. The highest BCUT2D eigenvalue weighted by Crippen LogP contribution is 2.13. The van der Waals surface area contributed by atoms with Crippen LogP contribution in [0.1, 0.15) is 31.2 Å². The second kappa shape index (κ2) is 7.14. The molecule has 2 aliphatic rings. The Hall–Kier alpha value is -1.55. The minimum absolute atomic E-state index is 0.121. The Labute approximate surface area is 133 Å². The Balaban J connectivity index is 1.42. The van der Waals surface area contributed by atoms with Gasteiger partial charge in [-0.3, -0.25) is 4.79 Å². The molecule has 0 spiro atoms. The molecule has 2 saturated heterocycles. The van der Waals surface area contributed by atoms with E-state index in [9.17, 15) is 4.79 Å². The summed E-state index contributed by atoms with van der Waals surface area (Å²) in [5.74, 6) is 0.894.